The van der Waals surface area contributed by atoms with Crippen molar-refractivity contribution in [2.45, 2.75) is 20.0 Å². The van der Waals surface area contributed by atoms with Crippen LogP contribution in [0.1, 0.15) is 16.3 Å². The third kappa shape index (κ3) is 3.42. The van der Waals surface area contributed by atoms with Crippen LogP contribution in [0.3, 0.4) is 0 Å². The smallest absolute Gasteiger partial charge is 0.107 e. The van der Waals surface area contributed by atoms with E-state index in [1.54, 1.807) is 11.3 Å². The Balaban J connectivity index is 1.94. The van der Waals surface area contributed by atoms with Gasteiger partial charge >= 0.3 is 0 Å². The summed E-state index contributed by atoms with van der Waals surface area (Å²) in [5.41, 5.74) is 1.99. The highest BCUT2D eigenvalue weighted by Gasteiger charge is 2.05. The molecule has 0 spiro atoms. The molecule has 0 radical (unpaired) electrons. The molecule has 2 nitrogen and oxygen atoms in total. The number of rotatable bonds is 4. The number of nitrogens with one attached hydrogen (secondary N) is 1. The predicted octanol–water partition coefficient (Wildman–Crippen LogP) is 4.05. The Morgan fingerprint density at radius 2 is 1.94 bits per heavy atom. The Hall–Kier alpha value is -0.610. The van der Waals surface area contributed by atoms with E-state index in [0.717, 1.165) is 22.8 Å². The average Bonchev–Trinajstić information content (AvgIpc) is 2.69. The lowest BCUT2D eigenvalue weighted by molar-refractivity contribution is 0.689. The lowest BCUT2D eigenvalue weighted by Crippen LogP contribution is -2.13. The summed E-state index contributed by atoms with van der Waals surface area (Å²) in [6.45, 7) is 3.38. The minimum atomic E-state index is 0.650. The fourth-order valence-electron chi connectivity index (χ4n) is 1.48. The lowest BCUT2D eigenvalue weighted by Gasteiger charge is -2.07. The van der Waals surface area contributed by atoms with E-state index in [1.807, 2.05) is 30.5 Å². The molecule has 1 N–H and O–H groups in total. The SMILES string of the molecule is Cc1csc(CNCc2c(Cl)cccc2Cl)n1. The Bertz CT molecular complexity index is 491. The second-order valence-corrected chi connectivity index (χ2v) is 5.44. The van der Waals surface area contributed by atoms with E-state index < -0.39 is 0 Å². The Morgan fingerprint density at radius 3 is 2.53 bits per heavy atom. The van der Waals surface area contributed by atoms with E-state index >= 15 is 0 Å². The van der Waals surface area contributed by atoms with Crippen LogP contribution in [0.5, 0.6) is 0 Å². The maximum atomic E-state index is 6.08. The van der Waals surface area contributed by atoms with Gasteiger partial charge in [-0.05, 0) is 19.1 Å². The zero-order chi connectivity index (χ0) is 12.3. The van der Waals surface area contributed by atoms with Crippen molar-refractivity contribution in [1.82, 2.24) is 10.3 Å². The highest BCUT2D eigenvalue weighted by molar-refractivity contribution is 7.09. The maximum absolute atomic E-state index is 6.08. The molecule has 0 aliphatic heterocycles. The van der Waals surface area contributed by atoms with Crippen LogP contribution < -0.4 is 5.32 Å². The van der Waals surface area contributed by atoms with Gasteiger partial charge in [-0.1, -0.05) is 29.3 Å². The van der Waals surface area contributed by atoms with Gasteiger partial charge in [-0.2, -0.15) is 0 Å². The topological polar surface area (TPSA) is 24.9 Å². The minimum Gasteiger partial charge on any atom is -0.306 e. The second-order valence-electron chi connectivity index (χ2n) is 3.69. The zero-order valence-corrected chi connectivity index (χ0v) is 11.7. The Morgan fingerprint density at radius 1 is 1.24 bits per heavy atom. The van der Waals surface area contributed by atoms with E-state index in [1.165, 1.54) is 0 Å². The molecule has 0 amide bonds. The summed E-state index contributed by atoms with van der Waals surface area (Å²) in [7, 11) is 0. The summed E-state index contributed by atoms with van der Waals surface area (Å²) in [5, 5.41) is 7.80. The first-order chi connectivity index (χ1) is 8.16. The van der Waals surface area contributed by atoms with Gasteiger partial charge in [0.1, 0.15) is 5.01 Å². The van der Waals surface area contributed by atoms with Gasteiger partial charge in [-0.15, -0.1) is 11.3 Å². The van der Waals surface area contributed by atoms with Crippen molar-refractivity contribution >= 4 is 34.5 Å². The van der Waals surface area contributed by atoms with Crippen molar-refractivity contribution in [3.05, 3.63) is 49.9 Å². The monoisotopic (exact) mass is 286 g/mol. The average molecular weight is 287 g/mol. The van der Waals surface area contributed by atoms with Crippen molar-refractivity contribution in [2.75, 3.05) is 0 Å². The van der Waals surface area contributed by atoms with Gasteiger partial charge in [0.2, 0.25) is 0 Å². The Kier molecular flexibility index (Phi) is 4.40. The molecule has 90 valence electrons. The number of thiazole rings is 1. The zero-order valence-electron chi connectivity index (χ0n) is 9.34. The number of halogens is 2. The molecule has 1 heterocycles. The van der Waals surface area contributed by atoms with E-state index in [-0.39, 0.29) is 0 Å². The summed E-state index contributed by atoms with van der Waals surface area (Å²) in [6.07, 6.45) is 0. The standard InChI is InChI=1S/C12H12Cl2N2S/c1-8-7-17-12(16-8)6-15-5-9-10(13)3-2-4-11(9)14/h2-4,7,15H,5-6H2,1H3. The molecule has 0 saturated heterocycles. The molecule has 0 bridgehead atoms. The molecule has 0 unspecified atom stereocenters. The first-order valence-corrected chi connectivity index (χ1v) is 6.85. The summed E-state index contributed by atoms with van der Waals surface area (Å²) < 4.78 is 0. The van der Waals surface area contributed by atoms with Crippen molar-refractivity contribution in [3.63, 3.8) is 0 Å². The lowest BCUT2D eigenvalue weighted by atomic mass is 10.2. The van der Waals surface area contributed by atoms with Crippen LogP contribution >= 0.6 is 34.5 Å². The number of hydrogen-bond acceptors (Lipinski definition) is 3. The second kappa shape index (κ2) is 5.83. The molecule has 1 aromatic carbocycles. The molecule has 2 rings (SSSR count). The largest absolute Gasteiger partial charge is 0.306 e. The molecule has 0 aliphatic rings. The third-order valence-corrected chi connectivity index (χ3v) is 3.98. The predicted molar refractivity (Wildman–Crippen MR) is 73.9 cm³/mol. The van der Waals surface area contributed by atoms with Gasteiger partial charge in [-0.3, -0.25) is 0 Å². The van der Waals surface area contributed by atoms with Crippen LogP contribution in [0, 0.1) is 6.92 Å². The van der Waals surface area contributed by atoms with Crippen molar-refractivity contribution in [3.8, 4) is 0 Å². The summed E-state index contributed by atoms with van der Waals surface area (Å²) in [4.78, 5) is 4.38. The quantitative estimate of drug-likeness (QED) is 0.917. The summed E-state index contributed by atoms with van der Waals surface area (Å²) in [6, 6.07) is 5.54. The van der Waals surface area contributed by atoms with Crippen molar-refractivity contribution < 1.29 is 0 Å². The first-order valence-electron chi connectivity index (χ1n) is 5.21. The van der Waals surface area contributed by atoms with Gasteiger partial charge in [-0.25, -0.2) is 4.98 Å². The fraction of sp³-hybridized carbons (Fsp3) is 0.250. The Labute approximate surface area is 115 Å². The van der Waals surface area contributed by atoms with Gasteiger partial charge in [0.25, 0.3) is 0 Å². The molecule has 0 saturated carbocycles. The minimum absolute atomic E-state index is 0.650. The van der Waals surface area contributed by atoms with Gasteiger partial charge in [0.15, 0.2) is 0 Å². The number of benzene rings is 1. The molecule has 0 atom stereocenters. The maximum Gasteiger partial charge on any atom is 0.107 e. The number of hydrogen-bond donors (Lipinski definition) is 1. The molecule has 5 heteroatoms. The van der Waals surface area contributed by atoms with E-state index in [4.69, 9.17) is 23.2 Å². The summed E-state index contributed by atoms with van der Waals surface area (Å²) in [5.74, 6) is 0. The van der Waals surface area contributed by atoms with Crippen molar-refractivity contribution in [2.24, 2.45) is 0 Å². The third-order valence-electron chi connectivity index (χ3n) is 2.31. The normalized spacial score (nSPS) is 10.8. The van der Waals surface area contributed by atoms with E-state index in [9.17, 15) is 0 Å². The van der Waals surface area contributed by atoms with E-state index in [2.05, 4.69) is 10.3 Å². The molecular weight excluding hydrogens is 275 g/mol. The number of nitrogens with zero attached hydrogens (tertiary/aromatic N) is 1. The van der Waals surface area contributed by atoms with Crippen LogP contribution in [0.25, 0.3) is 0 Å². The van der Waals surface area contributed by atoms with Gasteiger partial charge in [0.05, 0.1) is 0 Å². The van der Waals surface area contributed by atoms with Crippen LogP contribution in [0.4, 0.5) is 0 Å². The summed E-state index contributed by atoms with van der Waals surface area (Å²) >= 11 is 13.8. The fourth-order valence-corrected chi connectivity index (χ4v) is 2.75. The van der Waals surface area contributed by atoms with Crippen LogP contribution in [0.2, 0.25) is 10.0 Å². The van der Waals surface area contributed by atoms with Gasteiger partial charge in [0, 0.05) is 39.8 Å². The van der Waals surface area contributed by atoms with Crippen LogP contribution in [0.15, 0.2) is 23.6 Å². The molecule has 0 aliphatic carbocycles. The van der Waals surface area contributed by atoms with E-state index in [0.29, 0.717) is 16.6 Å². The molecule has 0 fully saturated rings. The molecule has 17 heavy (non-hydrogen) atoms. The number of aryl methyl sites for hydroxylation is 1. The molecular formula is C12H12Cl2N2S. The van der Waals surface area contributed by atoms with Crippen LogP contribution in [-0.2, 0) is 13.1 Å². The van der Waals surface area contributed by atoms with Gasteiger partial charge < -0.3 is 5.32 Å². The highest BCUT2D eigenvalue weighted by Crippen LogP contribution is 2.24. The van der Waals surface area contributed by atoms with Crippen molar-refractivity contribution in [1.29, 1.82) is 0 Å². The highest BCUT2D eigenvalue weighted by atomic mass is 35.5. The molecule has 2 aromatic rings. The van der Waals surface area contributed by atoms with Crippen LogP contribution in [-0.4, -0.2) is 4.98 Å². The number of aromatic nitrogens is 1. The molecule has 1 aromatic heterocycles. The first kappa shape index (κ1) is 12.8.